The molecule has 2 N–H and O–H groups in total. The summed E-state index contributed by atoms with van der Waals surface area (Å²) in [7, 11) is 0. The molecule has 1 aromatic carbocycles. The maximum absolute atomic E-state index is 12.6. The molecule has 0 unspecified atom stereocenters. The van der Waals surface area contributed by atoms with Gasteiger partial charge in [0.2, 0.25) is 0 Å². The van der Waals surface area contributed by atoms with Crippen LogP contribution in [0.4, 0.5) is 13.2 Å². The molecule has 0 spiro atoms. The number of ether oxygens (including phenoxy) is 1. The van der Waals surface area contributed by atoms with Gasteiger partial charge in [0.15, 0.2) is 0 Å². The molecule has 0 saturated carbocycles. The summed E-state index contributed by atoms with van der Waals surface area (Å²) in [5.41, 5.74) is 5.89. The molecule has 106 valence electrons. The topological polar surface area (TPSA) is 48.1 Å². The lowest BCUT2D eigenvalue weighted by molar-refractivity contribution is -0.137. The van der Waals surface area contributed by atoms with Crippen molar-refractivity contribution in [1.29, 1.82) is 0 Å². The molecule has 2 rings (SSSR count). The average Bonchev–Trinajstić information content (AvgIpc) is 2.45. The minimum Gasteiger partial charge on any atom is -0.487 e. The van der Waals surface area contributed by atoms with Gasteiger partial charge in [0.1, 0.15) is 12.4 Å². The van der Waals surface area contributed by atoms with Crippen molar-refractivity contribution < 1.29 is 17.9 Å². The number of benzene rings is 1. The van der Waals surface area contributed by atoms with Gasteiger partial charge in [0.25, 0.3) is 0 Å². The van der Waals surface area contributed by atoms with Crippen molar-refractivity contribution in [3.05, 3.63) is 59.4 Å². The van der Waals surface area contributed by atoms with Crippen molar-refractivity contribution in [2.75, 3.05) is 0 Å². The van der Waals surface area contributed by atoms with E-state index in [-0.39, 0.29) is 6.61 Å². The molecule has 1 heterocycles. The first kappa shape index (κ1) is 14.3. The first-order chi connectivity index (χ1) is 9.49. The van der Waals surface area contributed by atoms with Crippen LogP contribution in [0.15, 0.2) is 42.6 Å². The molecule has 0 radical (unpaired) electrons. The van der Waals surface area contributed by atoms with Crippen molar-refractivity contribution in [2.45, 2.75) is 19.3 Å². The van der Waals surface area contributed by atoms with Gasteiger partial charge < -0.3 is 10.5 Å². The average molecular weight is 282 g/mol. The summed E-state index contributed by atoms with van der Waals surface area (Å²) in [6, 6.07) is 8.43. The quantitative estimate of drug-likeness (QED) is 0.937. The molecule has 0 aliphatic rings. The third kappa shape index (κ3) is 3.71. The van der Waals surface area contributed by atoms with E-state index in [4.69, 9.17) is 10.5 Å². The Labute approximate surface area is 114 Å². The molecule has 3 nitrogen and oxygen atoms in total. The van der Waals surface area contributed by atoms with E-state index >= 15 is 0 Å². The number of alkyl halides is 3. The van der Waals surface area contributed by atoms with Gasteiger partial charge in [-0.25, -0.2) is 0 Å². The molecule has 0 aliphatic carbocycles. The van der Waals surface area contributed by atoms with Crippen molar-refractivity contribution in [2.24, 2.45) is 5.73 Å². The normalized spacial score (nSPS) is 11.4. The summed E-state index contributed by atoms with van der Waals surface area (Å²) >= 11 is 0. The van der Waals surface area contributed by atoms with E-state index in [0.717, 1.165) is 17.8 Å². The molecule has 6 heteroatoms. The number of nitrogens with zero attached hydrogens (tertiary/aromatic N) is 1. The smallest absolute Gasteiger partial charge is 0.416 e. The molecule has 0 aliphatic heterocycles. The monoisotopic (exact) mass is 282 g/mol. The van der Waals surface area contributed by atoms with Gasteiger partial charge in [0.05, 0.1) is 17.5 Å². The van der Waals surface area contributed by atoms with E-state index in [2.05, 4.69) is 4.98 Å². The van der Waals surface area contributed by atoms with Crippen LogP contribution < -0.4 is 10.5 Å². The number of hydrogen-bond acceptors (Lipinski definition) is 3. The lowest BCUT2D eigenvalue weighted by atomic mass is 10.1. The number of nitrogens with two attached hydrogens (primary N) is 1. The predicted octanol–water partition coefficient (Wildman–Crippen LogP) is 3.14. The molecular weight excluding hydrogens is 269 g/mol. The number of hydrogen-bond donors (Lipinski definition) is 1. The van der Waals surface area contributed by atoms with Crippen LogP contribution >= 0.6 is 0 Å². The Morgan fingerprint density at radius 2 is 1.95 bits per heavy atom. The summed E-state index contributed by atoms with van der Waals surface area (Å²) in [5, 5.41) is 0. The standard InChI is InChI=1S/C14H13F3N2O/c15-14(16,17)11-3-1-2-10(6-11)9-20-13-5-4-12(7-18)19-8-13/h1-6,8H,7,9,18H2. The van der Waals surface area contributed by atoms with E-state index in [0.29, 0.717) is 17.9 Å². The number of aromatic nitrogens is 1. The van der Waals surface area contributed by atoms with Crippen molar-refractivity contribution in [1.82, 2.24) is 4.98 Å². The molecule has 2 aromatic rings. The summed E-state index contributed by atoms with van der Waals surface area (Å²) in [4.78, 5) is 4.04. The SMILES string of the molecule is NCc1ccc(OCc2cccc(C(F)(F)F)c2)cn1. The second-order valence-corrected chi connectivity index (χ2v) is 4.18. The zero-order chi connectivity index (χ0) is 14.6. The van der Waals surface area contributed by atoms with Crippen molar-refractivity contribution >= 4 is 0 Å². The minimum absolute atomic E-state index is 0.0492. The van der Waals surface area contributed by atoms with Crippen LogP contribution in [-0.4, -0.2) is 4.98 Å². The Morgan fingerprint density at radius 1 is 1.15 bits per heavy atom. The highest BCUT2D eigenvalue weighted by Crippen LogP contribution is 2.29. The second-order valence-electron chi connectivity index (χ2n) is 4.18. The van der Waals surface area contributed by atoms with Crippen molar-refractivity contribution in [3.63, 3.8) is 0 Å². The van der Waals surface area contributed by atoms with Crippen LogP contribution in [0.5, 0.6) is 5.75 Å². The molecule has 0 fully saturated rings. The van der Waals surface area contributed by atoms with E-state index in [1.54, 1.807) is 18.2 Å². The Bertz CT molecular complexity index is 567. The highest BCUT2D eigenvalue weighted by atomic mass is 19.4. The van der Waals surface area contributed by atoms with Crippen molar-refractivity contribution in [3.8, 4) is 5.75 Å². The number of halogens is 3. The lowest BCUT2D eigenvalue weighted by Crippen LogP contribution is -2.06. The molecule has 0 amide bonds. The lowest BCUT2D eigenvalue weighted by Gasteiger charge is -2.10. The van der Waals surface area contributed by atoms with Gasteiger partial charge in [-0.15, -0.1) is 0 Å². The zero-order valence-corrected chi connectivity index (χ0v) is 10.5. The molecule has 0 bridgehead atoms. The summed E-state index contributed by atoms with van der Waals surface area (Å²) < 4.78 is 43.0. The molecule has 20 heavy (non-hydrogen) atoms. The van der Waals surface area contributed by atoms with Gasteiger partial charge in [-0.3, -0.25) is 4.98 Å². The molecule has 0 saturated heterocycles. The third-order valence-corrected chi connectivity index (χ3v) is 2.67. The van der Waals surface area contributed by atoms with Gasteiger partial charge >= 0.3 is 6.18 Å². The Kier molecular flexibility index (Phi) is 4.24. The van der Waals surface area contributed by atoms with Crippen LogP contribution in [0, 0.1) is 0 Å². The molecular formula is C14H13F3N2O. The van der Waals surface area contributed by atoms with Crippen LogP contribution in [0.3, 0.4) is 0 Å². The number of rotatable bonds is 4. The maximum atomic E-state index is 12.6. The summed E-state index contributed by atoms with van der Waals surface area (Å²) in [6.45, 7) is 0.376. The Balaban J connectivity index is 2.03. The Hall–Kier alpha value is -2.08. The van der Waals surface area contributed by atoms with Gasteiger partial charge in [-0.1, -0.05) is 12.1 Å². The highest BCUT2D eigenvalue weighted by Gasteiger charge is 2.30. The highest BCUT2D eigenvalue weighted by molar-refractivity contribution is 5.26. The van der Waals surface area contributed by atoms with E-state index < -0.39 is 11.7 Å². The fourth-order valence-electron chi connectivity index (χ4n) is 1.62. The minimum atomic E-state index is -4.35. The van der Waals surface area contributed by atoms with E-state index in [9.17, 15) is 13.2 Å². The molecule has 0 atom stereocenters. The van der Waals surface area contributed by atoms with E-state index in [1.807, 2.05) is 0 Å². The van der Waals surface area contributed by atoms with E-state index in [1.165, 1.54) is 12.3 Å². The Morgan fingerprint density at radius 3 is 2.55 bits per heavy atom. The van der Waals surface area contributed by atoms with Gasteiger partial charge in [0, 0.05) is 6.54 Å². The number of pyridine rings is 1. The fourth-order valence-corrected chi connectivity index (χ4v) is 1.62. The molecule has 1 aromatic heterocycles. The van der Waals surface area contributed by atoms with Crippen LogP contribution in [-0.2, 0) is 19.3 Å². The first-order valence-corrected chi connectivity index (χ1v) is 5.93. The van der Waals surface area contributed by atoms with Gasteiger partial charge in [-0.2, -0.15) is 13.2 Å². The van der Waals surface area contributed by atoms with Crippen LogP contribution in [0.25, 0.3) is 0 Å². The van der Waals surface area contributed by atoms with Crippen LogP contribution in [0.1, 0.15) is 16.8 Å². The second kappa shape index (κ2) is 5.92. The summed E-state index contributed by atoms with van der Waals surface area (Å²) in [6.07, 6.45) is -2.85. The largest absolute Gasteiger partial charge is 0.487 e. The van der Waals surface area contributed by atoms with Crippen LogP contribution in [0.2, 0.25) is 0 Å². The maximum Gasteiger partial charge on any atom is 0.416 e. The zero-order valence-electron chi connectivity index (χ0n) is 10.5. The first-order valence-electron chi connectivity index (χ1n) is 5.93. The third-order valence-electron chi connectivity index (χ3n) is 2.67. The fraction of sp³-hybridized carbons (Fsp3) is 0.214. The van der Waals surface area contributed by atoms with Gasteiger partial charge in [-0.05, 0) is 29.8 Å². The summed E-state index contributed by atoms with van der Waals surface area (Å²) in [5.74, 6) is 0.486. The predicted molar refractivity (Wildman–Crippen MR) is 67.9 cm³/mol.